The Balaban J connectivity index is 0. The maximum absolute atomic E-state index is 5.42. The molecule has 1 aromatic rings. The van der Waals surface area contributed by atoms with Gasteiger partial charge in [-0.15, -0.1) is 0 Å². The first-order valence-electron chi connectivity index (χ1n) is 5.93. The molecule has 1 heterocycles. The van der Waals surface area contributed by atoms with E-state index in [9.17, 15) is 0 Å². The van der Waals surface area contributed by atoms with E-state index in [1.807, 2.05) is 45.9 Å². The van der Waals surface area contributed by atoms with Crippen LogP contribution in [0.15, 0.2) is 34.5 Å². The van der Waals surface area contributed by atoms with Crippen LogP contribution in [0.5, 0.6) is 0 Å². The molecule has 0 spiro atoms. The van der Waals surface area contributed by atoms with Crippen molar-refractivity contribution in [3.05, 3.63) is 34.5 Å². The highest BCUT2D eigenvalue weighted by Crippen LogP contribution is 2.23. The largest absolute Gasteiger partial charge is 0.399 e. The summed E-state index contributed by atoms with van der Waals surface area (Å²) in [5, 5.41) is 0. The molecule has 108 valence electrons. The second-order valence-corrected chi connectivity index (χ2v) is 3.97. The standard InChI is InChI=1S/C6H11N.C5H7BrN4.C2H6/c1-3-5-6(7)4-2;6-2-1-3(7)5(9)10-4(2)8;1-2/h3-5H,7H2,1-2H3;1H,7H2,(H4,8,9,10);1-2H3/b5-3-,6-4+;;. The fraction of sp³-hybridized carbons (Fsp3) is 0.308. The summed E-state index contributed by atoms with van der Waals surface area (Å²) in [4.78, 5) is 3.76. The fourth-order valence-electron chi connectivity index (χ4n) is 0.821. The molecular formula is C13H24BrN5. The maximum atomic E-state index is 5.42. The average Bonchev–Trinajstić information content (AvgIpc) is 2.40. The minimum Gasteiger partial charge on any atom is -0.399 e. The van der Waals surface area contributed by atoms with Gasteiger partial charge >= 0.3 is 0 Å². The number of pyridine rings is 1. The molecule has 0 aliphatic rings. The van der Waals surface area contributed by atoms with Crippen molar-refractivity contribution in [2.75, 3.05) is 17.2 Å². The van der Waals surface area contributed by atoms with Gasteiger partial charge in [-0.3, -0.25) is 0 Å². The average molecular weight is 330 g/mol. The van der Waals surface area contributed by atoms with Gasteiger partial charge in [-0.05, 0) is 41.9 Å². The van der Waals surface area contributed by atoms with Crippen molar-refractivity contribution in [2.24, 2.45) is 5.73 Å². The smallest absolute Gasteiger partial charge is 0.149 e. The van der Waals surface area contributed by atoms with E-state index >= 15 is 0 Å². The van der Waals surface area contributed by atoms with E-state index in [2.05, 4.69) is 20.9 Å². The molecular weight excluding hydrogens is 306 g/mol. The first-order chi connectivity index (χ1) is 8.92. The minimum absolute atomic E-state index is 0.265. The highest BCUT2D eigenvalue weighted by atomic mass is 79.9. The van der Waals surface area contributed by atoms with Gasteiger partial charge in [-0.1, -0.05) is 26.0 Å². The molecule has 0 saturated heterocycles. The molecule has 0 saturated carbocycles. The van der Waals surface area contributed by atoms with Gasteiger partial charge in [0.15, 0.2) is 0 Å². The van der Waals surface area contributed by atoms with Crippen LogP contribution in [0, 0.1) is 0 Å². The summed E-state index contributed by atoms with van der Waals surface area (Å²) < 4.78 is 0.666. The Labute approximate surface area is 123 Å². The summed E-state index contributed by atoms with van der Waals surface area (Å²) >= 11 is 3.16. The van der Waals surface area contributed by atoms with Gasteiger partial charge < -0.3 is 22.9 Å². The number of halogens is 1. The molecule has 0 bridgehead atoms. The van der Waals surface area contributed by atoms with Gasteiger partial charge in [0, 0.05) is 5.70 Å². The Bertz CT molecular complexity index is 377. The number of nitrogens with zero attached hydrogens (tertiary/aromatic N) is 1. The summed E-state index contributed by atoms with van der Waals surface area (Å²) in [5.74, 6) is 0.618. The third-order valence-electron chi connectivity index (χ3n) is 1.76. The number of rotatable bonds is 1. The van der Waals surface area contributed by atoms with Crippen molar-refractivity contribution in [3.63, 3.8) is 0 Å². The highest BCUT2D eigenvalue weighted by Gasteiger charge is 2.00. The van der Waals surface area contributed by atoms with Gasteiger partial charge in [0.05, 0.1) is 10.2 Å². The van der Waals surface area contributed by atoms with Crippen LogP contribution in [0.25, 0.3) is 0 Å². The molecule has 6 heteroatoms. The van der Waals surface area contributed by atoms with Crippen LogP contribution in [0.4, 0.5) is 17.3 Å². The van der Waals surface area contributed by atoms with Crippen molar-refractivity contribution >= 4 is 33.3 Å². The first-order valence-corrected chi connectivity index (χ1v) is 6.73. The Kier molecular flexibility index (Phi) is 11.8. The molecule has 0 amide bonds. The van der Waals surface area contributed by atoms with Crippen molar-refractivity contribution in [3.8, 4) is 0 Å². The third-order valence-corrected chi connectivity index (χ3v) is 2.39. The predicted octanol–water partition coefficient (Wildman–Crippen LogP) is 3.04. The number of anilines is 3. The lowest BCUT2D eigenvalue weighted by Gasteiger charge is -2.01. The third kappa shape index (κ3) is 8.96. The molecule has 0 fully saturated rings. The molecule has 0 atom stereocenters. The van der Waals surface area contributed by atoms with E-state index < -0.39 is 0 Å². The van der Waals surface area contributed by atoms with E-state index in [0.29, 0.717) is 16.0 Å². The number of aromatic nitrogens is 1. The number of nitrogen functional groups attached to an aromatic ring is 3. The Morgan fingerprint density at radius 3 is 2.00 bits per heavy atom. The number of hydrogen-bond acceptors (Lipinski definition) is 5. The second-order valence-electron chi connectivity index (χ2n) is 3.12. The van der Waals surface area contributed by atoms with Crippen molar-refractivity contribution in [1.29, 1.82) is 0 Å². The summed E-state index contributed by atoms with van der Waals surface area (Å²) in [6, 6.07) is 1.62. The van der Waals surface area contributed by atoms with E-state index in [-0.39, 0.29) is 5.82 Å². The van der Waals surface area contributed by atoms with Crippen LogP contribution in [-0.4, -0.2) is 4.98 Å². The molecule has 0 radical (unpaired) electrons. The molecule has 0 aromatic carbocycles. The lowest BCUT2D eigenvalue weighted by molar-refractivity contribution is 1.33. The van der Waals surface area contributed by atoms with E-state index in [4.69, 9.17) is 22.9 Å². The molecule has 8 N–H and O–H groups in total. The van der Waals surface area contributed by atoms with E-state index in [0.717, 1.165) is 5.70 Å². The summed E-state index contributed by atoms with van der Waals surface area (Å²) in [6.07, 6.45) is 5.63. The monoisotopic (exact) mass is 329 g/mol. The molecule has 0 unspecified atom stereocenters. The van der Waals surface area contributed by atoms with Gasteiger partial charge in [0.2, 0.25) is 0 Å². The zero-order chi connectivity index (χ0) is 15.4. The zero-order valence-electron chi connectivity index (χ0n) is 11.9. The van der Waals surface area contributed by atoms with Crippen molar-refractivity contribution < 1.29 is 0 Å². The molecule has 0 aliphatic heterocycles. The van der Waals surface area contributed by atoms with Gasteiger partial charge in [0.1, 0.15) is 11.6 Å². The minimum atomic E-state index is 0.265. The summed E-state index contributed by atoms with van der Waals surface area (Å²) in [6.45, 7) is 7.85. The van der Waals surface area contributed by atoms with Crippen LogP contribution in [-0.2, 0) is 0 Å². The summed E-state index contributed by atoms with van der Waals surface area (Å²) in [7, 11) is 0. The quantitative estimate of drug-likeness (QED) is 0.590. The second kappa shape index (κ2) is 11.4. The van der Waals surface area contributed by atoms with Crippen LogP contribution < -0.4 is 22.9 Å². The van der Waals surface area contributed by atoms with Crippen LogP contribution in [0.3, 0.4) is 0 Å². The maximum Gasteiger partial charge on any atom is 0.149 e. The Morgan fingerprint density at radius 1 is 1.16 bits per heavy atom. The van der Waals surface area contributed by atoms with E-state index in [1.54, 1.807) is 6.07 Å². The number of allylic oxidation sites excluding steroid dienone is 3. The Morgan fingerprint density at radius 2 is 1.68 bits per heavy atom. The lowest BCUT2D eigenvalue weighted by atomic mass is 10.4. The van der Waals surface area contributed by atoms with Crippen LogP contribution in [0.2, 0.25) is 0 Å². The van der Waals surface area contributed by atoms with Gasteiger partial charge in [0.25, 0.3) is 0 Å². The SMILES string of the molecule is C/C=C\C(N)=C/C.CC.Nc1cc(Br)c(N)nc1N. The molecule has 1 aromatic heterocycles. The van der Waals surface area contributed by atoms with Gasteiger partial charge in [-0.25, -0.2) is 4.98 Å². The lowest BCUT2D eigenvalue weighted by Crippen LogP contribution is -2.01. The molecule has 0 aliphatic carbocycles. The van der Waals surface area contributed by atoms with Crippen LogP contribution >= 0.6 is 15.9 Å². The first kappa shape index (κ1) is 19.6. The number of nitrogens with two attached hydrogens (primary N) is 4. The zero-order valence-corrected chi connectivity index (χ0v) is 13.5. The predicted molar refractivity (Wildman–Crippen MR) is 89.3 cm³/mol. The van der Waals surface area contributed by atoms with Crippen LogP contribution in [0.1, 0.15) is 27.7 Å². The Hall–Kier alpha value is -1.69. The fourth-order valence-corrected chi connectivity index (χ4v) is 1.16. The van der Waals surface area contributed by atoms with Crippen molar-refractivity contribution in [2.45, 2.75) is 27.7 Å². The van der Waals surface area contributed by atoms with Crippen molar-refractivity contribution in [1.82, 2.24) is 4.98 Å². The summed E-state index contributed by atoms with van der Waals surface area (Å²) in [5.41, 5.74) is 22.8. The number of hydrogen-bond donors (Lipinski definition) is 4. The molecule has 5 nitrogen and oxygen atoms in total. The molecule has 1 rings (SSSR count). The van der Waals surface area contributed by atoms with Gasteiger partial charge in [-0.2, -0.15) is 0 Å². The van der Waals surface area contributed by atoms with E-state index in [1.165, 1.54) is 0 Å². The molecule has 19 heavy (non-hydrogen) atoms. The normalized spacial score (nSPS) is 10.3. The highest BCUT2D eigenvalue weighted by molar-refractivity contribution is 9.10. The topological polar surface area (TPSA) is 117 Å².